The Morgan fingerprint density at radius 2 is 2.05 bits per heavy atom. The summed E-state index contributed by atoms with van der Waals surface area (Å²) in [4.78, 5) is 2.27. The van der Waals surface area contributed by atoms with Crippen molar-refractivity contribution in [2.45, 2.75) is 38.8 Å². The molecule has 1 aromatic carbocycles. The lowest BCUT2D eigenvalue weighted by molar-refractivity contribution is 0.224. The molecule has 2 rings (SSSR count). The maximum atomic E-state index is 5.75. The number of para-hydroxylation sites is 1. The van der Waals surface area contributed by atoms with E-state index in [1.165, 1.54) is 12.0 Å². The van der Waals surface area contributed by atoms with Gasteiger partial charge in [0.15, 0.2) is 0 Å². The number of ether oxygens (including phenoxy) is 1. The van der Waals surface area contributed by atoms with Crippen molar-refractivity contribution in [3.63, 3.8) is 0 Å². The second-order valence-electron chi connectivity index (χ2n) is 6.48. The molecule has 1 aliphatic rings. The van der Waals surface area contributed by atoms with Gasteiger partial charge in [-0.1, -0.05) is 32.0 Å². The van der Waals surface area contributed by atoms with Crippen LogP contribution < -0.4 is 10.1 Å². The van der Waals surface area contributed by atoms with Crippen molar-refractivity contribution >= 4 is 0 Å². The number of rotatable bonds is 6. The average molecular weight is 276 g/mol. The van der Waals surface area contributed by atoms with Crippen molar-refractivity contribution in [2.24, 2.45) is 5.92 Å². The van der Waals surface area contributed by atoms with E-state index in [0.717, 1.165) is 25.3 Å². The van der Waals surface area contributed by atoms with Gasteiger partial charge in [0.25, 0.3) is 0 Å². The van der Waals surface area contributed by atoms with Gasteiger partial charge in [-0.2, -0.15) is 0 Å². The SMILES string of the molecule is CC(C)CC(CN(C)C)NC1CCOc2ccccc21. The summed E-state index contributed by atoms with van der Waals surface area (Å²) in [5.74, 6) is 1.76. The van der Waals surface area contributed by atoms with E-state index >= 15 is 0 Å². The van der Waals surface area contributed by atoms with Crippen LogP contribution >= 0.6 is 0 Å². The third-order valence-corrected chi connectivity index (χ3v) is 3.74. The molecule has 1 aliphatic heterocycles. The van der Waals surface area contributed by atoms with Gasteiger partial charge in [0.05, 0.1) is 6.61 Å². The first-order chi connectivity index (χ1) is 9.56. The van der Waals surface area contributed by atoms with E-state index in [2.05, 4.69) is 56.4 Å². The quantitative estimate of drug-likeness (QED) is 0.864. The van der Waals surface area contributed by atoms with Crippen molar-refractivity contribution in [1.82, 2.24) is 10.2 Å². The number of hydrogen-bond acceptors (Lipinski definition) is 3. The predicted octanol–water partition coefficient (Wildman–Crippen LogP) is 3.08. The number of fused-ring (bicyclic) bond motifs is 1. The van der Waals surface area contributed by atoms with Crippen molar-refractivity contribution in [3.8, 4) is 5.75 Å². The Balaban J connectivity index is 2.07. The van der Waals surface area contributed by atoms with Crippen LogP contribution in [0.1, 0.15) is 38.3 Å². The number of likely N-dealkylation sites (N-methyl/N-ethyl adjacent to an activating group) is 1. The number of hydrogen-bond donors (Lipinski definition) is 1. The van der Waals surface area contributed by atoms with Crippen LogP contribution in [0.5, 0.6) is 5.75 Å². The molecule has 112 valence electrons. The molecule has 3 heteroatoms. The summed E-state index contributed by atoms with van der Waals surface area (Å²) in [5, 5.41) is 3.85. The molecule has 2 unspecified atom stereocenters. The molecule has 0 spiro atoms. The van der Waals surface area contributed by atoms with E-state index in [9.17, 15) is 0 Å². The van der Waals surface area contributed by atoms with E-state index in [4.69, 9.17) is 4.74 Å². The Morgan fingerprint density at radius 3 is 2.75 bits per heavy atom. The maximum Gasteiger partial charge on any atom is 0.124 e. The van der Waals surface area contributed by atoms with Crippen LogP contribution in [-0.4, -0.2) is 38.2 Å². The fourth-order valence-electron chi connectivity index (χ4n) is 3.00. The highest BCUT2D eigenvalue weighted by atomic mass is 16.5. The van der Waals surface area contributed by atoms with E-state index in [-0.39, 0.29) is 0 Å². The molecule has 1 N–H and O–H groups in total. The van der Waals surface area contributed by atoms with Crippen LogP contribution in [0.4, 0.5) is 0 Å². The van der Waals surface area contributed by atoms with Crippen LogP contribution in [0, 0.1) is 5.92 Å². The predicted molar refractivity (Wildman–Crippen MR) is 84.2 cm³/mol. The van der Waals surface area contributed by atoms with Crippen molar-refractivity contribution in [2.75, 3.05) is 27.2 Å². The zero-order chi connectivity index (χ0) is 14.5. The topological polar surface area (TPSA) is 24.5 Å². The summed E-state index contributed by atoms with van der Waals surface area (Å²) in [6.45, 7) is 6.48. The fourth-order valence-corrected chi connectivity index (χ4v) is 3.00. The van der Waals surface area contributed by atoms with Gasteiger partial charge in [0, 0.05) is 30.6 Å². The standard InChI is InChI=1S/C17H28N2O/c1-13(2)11-14(12-19(3)4)18-16-9-10-20-17-8-6-5-7-15(16)17/h5-8,13-14,16,18H,9-12H2,1-4H3. The highest BCUT2D eigenvalue weighted by molar-refractivity contribution is 5.37. The van der Waals surface area contributed by atoms with Gasteiger partial charge >= 0.3 is 0 Å². The Morgan fingerprint density at radius 1 is 1.30 bits per heavy atom. The van der Waals surface area contributed by atoms with Crippen LogP contribution in [0.15, 0.2) is 24.3 Å². The van der Waals surface area contributed by atoms with Crippen molar-refractivity contribution < 1.29 is 4.74 Å². The third kappa shape index (κ3) is 4.22. The molecule has 0 saturated carbocycles. The van der Waals surface area contributed by atoms with Gasteiger partial charge in [-0.05, 0) is 32.5 Å². The lowest BCUT2D eigenvalue weighted by atomic mass is 9.97. The molecular weight excluding hydrogens is 248 g/mol. The Kier molecular flexibility index (Phi) is 5.44. The molecule has 0 fully saturated rings. The molecule has 0 radical (unpaired) electrons. The first-order valence-corrected chi connectivity index (χ1v) is 7.68. The summed E-state index contributed by atoms with van der Waals surface area (Å²) in [6.07, 6.45) is 2.26. The zero-order valence-electron chi connectivity index (χ0n) is 13.2. The summed E-state index contributed by atoms with van der Waals surface area (Å²) in [7, 11) is 4.29. The summed E-state index contributed by atoms with van der Waals surface area (Å²) in [6, 6.07) is 9.36. The summed E-state index contributed by atoms with van der Waals surface area (Å²) >= 11 is 0. The third-order valence-electron chi connectivity index (χ3n) is 3.74. The van der Waals surface area contributed by atoms with E-state index in [1.807, 2.05) is 6.07 Å². The summed E-state index contributed by atoms with van der Waals surface area (Å²) < 4.78 is 5.75. The monoisotopic (exact) mass is 276 g/mol. The molecule has 2 atom stereocenters. The van der Waals surface area contributed by atoms with E-state index in [0.29, 0.717) is 18.0 Å². The van der Waals surface area contributed by atoms with Crippen molar-refractivity contribution in [3.05, 3.63) is 29.8 Å². The minimum atomic E-state index is 0.420. The second-order valence-corrected chi connectivity index (χ2v) is 6.48. The Hall–Kier alpha value is -1.06. The molecule has 0 bridgehead atoms. The Bertz CT molecular complexity index is 407. The number of nitrogens with zero attached hydrogens (tertiary/aromatic N) is 1. The normalized spacial score (nSPS) is 19.8. The smallest absolute Gasteiger partial charge is 0.124 e. The maximum absolute atomic E-state index is 5.75. The first-order valence-electron chi connectivity index (χ1n) is 7.68. The second kappa shape index (κ2) is 7.09. The van der Waals surface area contributed by atoms with Crippen LogP contribution in [0.2, 0.25) is 0 Å². The molecule has 1 aromatic rings. The van der Waals surface area contributed by atoms with Gasteiger partial charge in [0.1, 0.15) is 5.75 Å². The van der Waals surface area contributed by atoms with Crippen LogP contribution in [0.3, 0.4) is 0 Å². The van der Waals surface area contributed by atoms with Crippen LogP contribution in [0.25, 0.3) is 0 Å². The van der Waals surface area contributed by atoms with Gasteiger partial charge in [0.2, 0.25) is 0 Å². The highest BCUT2D eigenvalue weighted by Crippen LogP contribution is 2.32. The minimum Gasteiger partial charge on any atom is -0.493 e. The Labute approximate surface area is 123 Å². The summed E-state index contributed by atoms with van der Waals surface area (Å²) in [5.41, 5.74) is 1.31. The highest BCUT2D eigenvalue weighted by Gasteiger charge is 2.24. The van der Waals surface area contributed by atoms with Crippen LogP contribution in [-0.2, 0) is 0 Å². The lowest BCUT2D eigenvalue weighted by Crippen LogP contribution is -2.42. The number of nitrogens with one attached hydrogen (secondary N) is 1. The molecule has 1 heterocycles. The first kappa shape index (κ1) is 15.3. The molecule has 0 aliphatic carbocycles. The minimum absolute atomic E-state index is 0.420. The lowest BCUT2D eigenvalue weighted by Gasteiger charge is -2.32. The molecule has 0 aromatic heterocycles. The number of benzene rings is 1. The zero-order valence-corrected chi connectivity index (χ0v) is 13.2. The van der Waals surface area contributed by atoms with Gasteiger partial charge < -0.3 is 15.0 Å². The van der Waals surface area contributed by atoms with Crippen molar-refractivity contribution in [1.29, 1.82) is 0 Å². The van der Waals surface area contributed by atoms with E-state index < -0.39 is 0 Å². The van der Waals surface area contributed by atoms with Gasteiger partial charge in [-0.3, -0.25) is 0 Å². The van der Waals surface area contributed by atoms with Gasteiger partial charge in [-0.25, -0.2) is 0 Å². The van der Waals surface area contributed by atoms with E-state index in [1.54, 1.807) is 0 Å². The molecule has 20 heavy (non-hydrogen) atoms. The molecular formula is C17H28N2O. The van der Waals surface area contributed by atoms with Gasteiger partial charge in [-0.15, -0.1) is 0 Å². The molecule has 0 saturated heterocycles. The largest absolute Gasteiger partial charge is 0.493 e. The molecule has 3 nitrogen and oxygen atoms in total. The average Bonchev–Trinajstić information content (AvgIpc) is 2.37. The fraction of sp³-hybridized carbons (Fsp3) is 0.647. The molecule has 0 amide bonds.